The molecule has 30 heavy (non-hydrogen) atoms. The van der Waals surface area contributed by atoms with Gasteiger partial charge in [-0.1, -0.05) is 31.9 Å². The molecule has 1 fully saturated rings. The van der Waals surface area contributed by atoms with Crippen molar-refractivity contribution in [2.75, 3.05) is 33.2 Å². The van der Waals surface area contributed by atoms with Gasteiger partial charge in [-0.05, 0) is 55.1 Å². The van der Waals surface area contributed by atoms with Crippen LogP contribution in [0.3, 0.4) is 0 Å². The fourth-order valence-corrected chi connectivity index (χ4v) is 5.65. The molecule has 4 rings (SSSR count). The molecular formula is C20H23Br2Cl2N3O2S. The molecule has 0 bridgehead atoms. The molecule has 1 aliphatic heterocycles. The second-order valence-corrected chi connectivity index (χ2v) is 10.7. The number of piperazine rings is 1. The molecule has 1 aromatic heterocycles. The van der Waals surface area contributed by atoms with Crippen molar-refractivity contribution in [1.29, 1.82) is 0 Å². The van der Waals surface area contributed by atoms with Gasteiger partial charge in [-0.2, -0.15) is 0 Å². The molecule has 0 radical (unpaired) electrons. The lowest BCUT2D eigenvalue weighted by molar-refractivity contribution is 0.148. The fraction of sp³-hybridized carbons (Fsp3) is 0.300. The monoisotopic (exact) mass is 597 g/mol. The van der Waals surface area contributed by atoms with Crippen LogP contribution in [-0.4, -0.2) is 55.4 Å². The molecule has 2 heterocycles. The molecule has 0 amide bonds. The lowest BCUT2D eigenvalue weighted by atomic mass is 10.2. The van der Waals surface area contributed by atoms with E-state index in [4.69, 9.17) is 0 Å². The Balaban J connectivity index is 0.00000160. The van der Waals surface area contributed by atoms with Crippen molar-refractivity contribution in [2.45, 2.75) is 11.4 Å². The first-order chi connectivity index (χ1) is 13.3. The smallest absolute Gasteiger partial charge is 0.268 e. The standard InChI is InChI=1S/C20H21Br2N3O2S.2ClH/c1-23-8-10-24(11-9-23)14-16-13-18(3-4-19(16)22)28(26,27)25-7-6-15-12-17(21)2-5-20(15)25;;/h2-7,12-13H,8-11,14H2,1H3;2*1H. The Bertz CT molecular complexity index is 1130. The van der Waals surface area contributed by atoms with Crippen LogP contribution in [0.1, 0.15) is 5.56 Å². The van der Waals surface area contributed by atoms with Gasteiger partial charge in [0, 0.05) is 53.3 Å². The first kappa shape index (κ1) is 25.6. The highest BCUT2D eigenvalue weighted by molar-refractivity contribution is 9.10. The SMILES string of the molecule is CN1CCN(Cc2cc(S(=O)(=O)n3ccc4cc(Br)ccc43)ccc2Br)CC1.Cl.Cl. The van der Waals surface area contributed by atoms with Crippen LogP contribution in [0, 0.1) is 0 Å². The summed E-state index contributed by atoms with van der Waals surface area (Å²) in [6, 6.07) is 12.7. The summed E-state index contributed by atoms with van der Waals surface area (Å²) in [5, 5.41) is 0.882. The lowest BCUT2D eigenvalue weighted by Gasteiger charge is -2.32. The number of benzene rings is 2. The molecule has 5 nitrogen and oxygen atoms in total. The van der Waals surface area contributed by atoms with E-state index in [1.165, 1.54) is 3.97 Å². The van der Waals surface area contributed by atoms with Crippen LogP contribution in [0.15, 0.2) is 62.5 Å². The quantitative estimate of drug-likeness (QED) is 0.424. The first-order valence-electron chi connectivity index (χ1n) is 9.06. The van der Waals surface area contributed by atoms with Crippen LogP contribution in [-0.2, 0) is 16.6 Å². The summed E-state index contributed by atoms with van der Waals surface area (Å²) in [6.07, 6.45) is 1.62. The molecule has 0 saturated carbocycles. The zero-order valence-electron chi connectivity index (χ0n) is 16.3. The molecule has 0 spiro atoms. The maximum absolute atomic E-state index is 13.3. The number of fused-ring (bicyclic) bond motifs is 1. The Morgan fingerprint density at radius 2 is 1.63 bits per heavy atom. The van der Waals surface area contributed by atoms with Crippen molar-refractivity contribution >= 4 is 77.6 Å². The first-order valence-corrected chi connectivity index (χ1v) is 12.1. The molecule has 0 N–H and O–H groups in total. The van der Waals surface area contributed by atoms with Gasteiger partial charge >= 0.3 is 0 Å². The maximum atomic E-state index is 13.3. The van der Waals surface area contributed by atoms with Gasteiger partial charge in [-0.25, -0.2) is 12.4 Å². The van der Waals surface area contributed by atoms with Crippen molar-refractivity contribution < 1.29 is 8.42 Å². The minimum absolute atomic E-state index is 0. The largest absolute Gasteiger partial charge is 0.304 e. The number of hydrogen-bond acceptors (Lipinski definition) is 4. The van der Waals surface area contributed by atoms with E-state index in [0.29, 0.717) is 10.4 Å². The third-order valence-electron chi connectivity index (χ3n) is 5.18. The molecule has 2 aromatic carbocycles. The summed E-state index contributed by atoms with van der Waals surface area (Å²) < 4.78 is 29.8. The summed E-state index contributed by atoms with van der Waals surface area (Å²) in [5.74, 6) is 0. The van der Waals surface area contributed by atoms with E-state index in [2.05, 4.69) is 48.7 Å². The number of aromatic nitrogens is 1. The van der Waals surface area contributed by atoms with Gasteiger partial charge in [0.05, 0.1) is 10.4 Å². The van der Waals surface area contributed by atoms with Crippen LogP contribution in [0.25, 0.3) is 10.9 Å². The summed E-state index contributed by atoms with van der Waals surface area (Å²) in [4.78, 5) is 4.97. The van der Waals surface area contributed by atoms with Gasteiger partial charge in [0.15, 0.2) is 0 Å². The Labute approximate surface area is 206 Å². The topological polar surface area (TPSA) is 45.6 Å². The third kappa shape index (κ3) is 5.23. The van der Waals surface area contributed by atoms with Crippen LogP contribution in [0.4, 0.5) is 0 Å². The molecule has 1 aliphatic rings. The predicted molar refractivity (Wildman–Crippen MR) is 134 cm³/mol. The van der Waals surface area contributed by atoms with Crippen molar-refractivity contribution in [3.63, 3.8) is 0 Å². The molecular weight excluding hydrogens is 577 g/mol. The maximum Gasteiger partial charge on any atom is 0.268 e. The van der Waals surface area contributed by atoms with Gasteiger partial charge in [0.2, 0.25) is 0 Å². The fourth-order valence-electron chi connectivity index (χ4n) is 3.49. The molecule has 0 unspecified atom stereocenters. The highest BCUT2D eigenvalue weighted by Gasteiger charge is 2.21. The second-order valence-electron chi connectivity index (χ2n) is 7.15. The third-order valence-corrected chi connectivity index (χ3v) is 8.13. The van der Waals surface area contributed by atoms with Crippen LogP contribution < -0.4 is 0 Å². The molecule has 1 saturated heterocycles. The van der Waals surface area contributed by atoms with Crippen molar-refractivity contribution in [3.05, 3.63) is 63.2 Å². The molecule has 164 valence electrons. The highest BCUT2D eigenvalue weighted by Crippen LogP contribution is 2.28. The van der Waals surface area contributed by atoms with E-state index in [0.717, 1.165) is 52.6 Å². The van der Waals surface area contributed by atoms with Crippen molar-refractivity contribution in [3.8, 4) is 0 Å². The average Bonchev–Trinajstić information content (AvgIpc) is 3.09. The van der Waals surface area contributed by atoms with E-state index in [1.54, 1.807) is 18.3 Å². The van der Waals surface area contributed by atoms with Crippen LogP contribution in [0.2, 0.25) is 0 Å². The average molecular weight is 600 g/mol. The van der Waals surface area contributed by atoms with E-state index in [9.17, 15) is 8.42 Å². The van der Waals surface area contributed by atoms with Crippen molar-refractivity contribution in [2.24, 2.45) is 0 Å². The van der Waals surface area contributed by atoms with Crippen molar-refractivity contribution in [1.82, 2.24) is 13.8 Å². The van der Waals surface area contributed by atoms with E-state index < -0.39 is 10.0 Å². The number of likely N-dealkylation sites (N-methyl/N-ethyl adjacent to an activating group) is 1. The zero-order valence-corrected chi connectivity index (χ0v) is 21.9. The number of halogens is 4. The van der Waals surface area contributed by atoms with Crippen LogP contribution >= 0.6 is 56.7 Å². The van der Waals surface area contributed by atoms with Gasteiger partial charge in [0.1, 0.15) is 0 Å². The normalized spacial score (nSPS) is 15.6. The zero-order chi connectivity index (χ0) is 19.9. The van der Waals surface area contributed by atoms with E-state index in [-0.39, 0.29) is 24.8 Å². The van der Waals surface area contributed by atoms with Gasteiger partial charge < -0.3 is 4.90 Å². The number of hydrogen-bond donors (Lipinski definition) is 0. The summed E-state index contributed by atoms with van der Waals surface area (Å²) in [7, 11) is -1.54. The van der Waals surface area contributed by atoms with Gasteiger partial charge in [0.25, 0.3) is 10.0 Å². The highest BCUT2D eigenvalue weighted by atomic mass is 79.9. The Kier molecular flexibility index (Phi) is 8.84. The van der Waals surface area contributed by atoms with Gasteiger partial charge in [-0.15, -0.1) is 24.8 Å². The number of nitrogens with zero attached hydrogens (tertiary/aromatic N) is 3. The lowest BCUT2D eigenvalue weighted by Crippen LogP contribution is -2.43. The summed E-state index contributed by atoms with van der Waals surface area (Å²) >= 11 is 7.02. The summed E-state index contributed by atoms with van der Waals surface area (Å²) in [5.41, 5.74) is 1.66. The van der Waals surface area contributed by atoms with Gasteiger partial charge in [-0.3, -0.25) is 4.90 Å². The minimum Gasteiger partial charge on any atom is -0.304 e. The second kappa shape index (κ2) is 10.3. The summed E-state index contributed by atoms with van der Waals surface area (Å²) in [6.45, 7) is 4.76. The molecule has 0 aliphatic carbocycles. The minimum atomic E-state index is -3.67. The van der Waals surface area contributed by atoms with Crippen LogP contribution in [0.5, 0.6) is 0 Å². The number of rotatable bonds is 4. The predicted octanol–water partition coefficient (Wildman–Crippen LogP) is 4.99. The Hall–Kier alpha value is -0.610. The van der Waals surface area contributed by atoms with E-state index >= 15 is 0 Å². The Morgan fingerprint density at radius 3 is 2.33 bits per heavy atom. The Morgan fingerprint density at radius 1 is 0.933 bits per heavy atom. The molecule has 3 aromatic rings. The van der Waals surface area contributed by atoms with E-state index in [1.807, 2.05) is 30.3 Å². The molecule has 0 atom stereocenters. The molecule has 10 heteroatoms.